The van der Waals surface area contributed by atoms with E-state index in [9.17, 15) is 9.18 Å². The fourth-order valence-electron chi connectivity index (χ4n) is 2.47. The van der Waals surface area contributed by atoms with Crippen molar-refractivity contribution in [1.29, 1.82) is 0 Å². The molecule has 0 aromatic carbocycles. The van der Waals surface area contributed by atoms with Crippen molar-refractivity contribution in [3.05, 3.63) is 29.8 Å². The van der Waals surface area contributed by atoms with E-state index in [1.807, 2.05) is 0 Å². The molecule has 2 rings (SSSR count). The molecule has 0 N–H and O–H groups in total. The molecule has 0 spiro atoms. The molecule has 19 heavy (non-hydrogen) atoms. The van der Waals surface area contributed by atoms with Gasteiger partial charge in [-0.25, -0.2) is 4.39 Å². The minimum atomic E-state index is -0.405. The Labute approximate surface area is 113 Å². The molecule has 4 heteroatoms. The molecular weight excluding hydrogens is 243 g/mol. The van der Waals surface area contributed by atoms with E-state index in [4.69, 9.17) is 0 Å². The van der Waals surface area contributed by atoms with Gasteiger partial charge < -0.3 is 4.90 Å². The summed E-state index contributed by atoms with van der Waals surface area (Å²) in [4.78, 5) is 18.1. The first-order chi connectivity index (χ1) is 9.15. The summed E-state index contributed by atoms with van der Waals surface area (Å²) in [5.74, 6) is 0.384. The van der Waals surface area contributed by atoms with Gasteiger partial charge >= 0.3 is 0 Å². The first-order valence-electron chi connectivity index (χ1n) is 7.02. The van der Waals surface area contributed by atoms with Crippen molar-refractivity contribution in [2.45, 2.75) is 32.6 Å². The van der Waals surface area contributed by atoms with E-state index in [0.29, 0.717) is 12.1 Å². The highest BCUT2D eigenvalue weighted by Gasteiger charge is 2.15. The monoisotopic (exact) mass is 264 g/mol. The molecule has 1 saturated heterocycles. The fraction of sp³-hybridized carbons (Fsp3) is 0.600. The third-order valence-corrected chi connectivity index (χ3v) is 3.78. The van der Waals surface area contributed by atoms with Crippen LogP contribution in [-0.4, -0.2) is 35.3 Å². The number of carbonyl (C=O) groups excluding carboxylic acids is 1. The molecule has 2 heterocycles. The van der Waals surface area contributed by atoms with Gasteiger partial charge in [0.15, 0.2) is 5.78 Å². The number of pyridine rings is 1. The van der Waals surface area contributed by atoms with Gasteiger partial charge in [0.2, 0.25) is 0 Å². The molecule has 1 atom stereocenters. The SMILES string of the molecule is CC1CCCN(CCC(=O)c2ccc(F)cn2)CC1. The number of nitrogens with zero attached hydrogens (tertiary/aromatic N) is 2. The average molecular weight is 264 g/mol. The highest BCUT2D eigenvalue weighted by molar-refractivity contribution is 5.94. The number of ketones is 1. The first kappa shape index (κ1) is 14.1. The zero-order valence-electron chi connectivity index (χ0n) is 11.4. The van der Waals surface area contributed by atoms with Gasteiger partial charge in [-0.1, -0.05) is 6.92 Å². The van der Waals surface area contributed by atoms with Crippen LogP contribution >= 0.6 is 0 Å². The summed E-state index contributed by atoms with van der Waals surface area (Å²) < 4.78 is 12.7. The van der Waals surface area contributed by atoms with Gasteiger partial charge in [-0.05, 0) is 50.4 Å². The highest BCUT2D eigenvalue weighted by atomic mass is 19.1. The molecule has 0 radical (unpaired) electrons. The summed E-state index contributed by atoms with van der Waals surface area (Å²) in [7, 11) is 0. The summed E-state index contributed by atoms with van der Waals surface area (Å²) in [6.45, 7) is 5.22. The van der Waals surface area contributed by atoms with Crippen LogP contribution in [0.2, 0.25) is 0 Å². The molecule has 1 aliphatic rings. The van der Waals surface area contributed by atoms with Crippen LogP contribution in [0.15, 0.2) is 18.3 Å². The number of halogens is 1. The van der Waals surface area contributed by atoms with E-state index in [0.717, 1.165) is 31.7 Å². The van der Waals surface area contributed by atoms with Crippen molar-refractivity contribution < 1.29 is 9.18 Å². The minimum absolute atomic E-state index is 0.00250. The summed E-state index contributed by atoms with van der Waals surface area (Å²) in [6, 6.07) is 2.75. The standard InChI is InChI=1S/C15H21FN2O/c1-12-3-2-8-18(9-6-12)10-7-15(19)14-5-4-13(16)11-17-14/h4-5,11-12H,2-3,6-10H2,1H3. The van der Waals surface area contributed by atoms with Gasteiger partial charge in [0, 0.05) is 13.0 Å². The number of aromatic nitrogens is 1. The van der Waals surface area contributed by atoms with E-state index in [1.54, 1.807) is 0 Å². The quantitative estimate of drug-likeness (QED) is 0.784. The molecular formula is C15H21FN2O. The van der Waals surface area contributed by atoms with E-state index in [2.05, 4.69) is 16.8 Å². The second-order valence-electron chi connectivity index (χ2n) is 5.41. The van der Waals surface area contributed by atoms with Gasteiger partial charge in [0.1, 0.15) is 11.5 Å². The largest absolute Gasteiger partial charge is 0.303 e. The number of carbonyl (C=O) groups is 1. The van der Waals surface area contributed by atoms with E-state index < -0.39 is 5.82 Å². The molecule has 1 aromatic heterocycles. The van der Waals surface area contributed by atoms with Crippen LogP contribution in [0, 0.1) is 11.7 Å². The molecule has 1 unspecified atom stereocenters. The van der Waals surface area contributed by atoms with Crippen molar-refractivity contribution >= 4 is 5.78 Å². The van der Waals surface area contributed by atoms with Gasteiger partial charge in [-0.2, -0.15) is 0 Å². The molecule has 0 bridgehead atoms. The van der Waals surface area contributed by atoms with E-state index >= 15 is 0 Å². The summed E-state index contributed by atoms with van der Waals surface area (Å²) in [6.07, 6.45) is 5.27. The maximum atomic E-state index is 12.7. The molecule has 104 valence electrons. The topological polar surface area (TPSA) is 33.2 Å². The number of hydrogen-bond acceptors (Lipinski definition) is 3. The molecule has 0 amide bonds. The Balaban J connectivity index is 1.81. The Morgan fingerprint density at radius 2 is 2.26 bits per heavy atom. The van der Waals surface area contributed by atoms with Crippen LogP contribution in [0.4, 0.5) is 4.39 Å². The lowest BCUT2D eigenvalue weighted by Gasteiger charge is -2.19. The smallest absolute Gasteiger partial charge is 0.182 e. The van der Waals surface area contributed by atoms with Crippen LogP contribution in [0.25, 0.3) is 0 Å². The second kappa shape index (κ2) is 6.75. The molecule has 1 fully saturated rings. The number of rotatable bonds is 4. The maximum absolute atomic E-state index is 12.7. The van der Waals surface area contributed by atoms with Gasteiger partial charge in [0.05, 0.1) is 6.20 Å². The highest BCUT2D eigenvalue weighted by Crippen LogP contribution is 2.16. The molecule has 3 nitrogen and oxygen atoms in total. The van der Waals surface area contributed by atoms with Gasteiger partial charge in [-0.15, -0.1) is 0 Å². The first-order valence-corrected chi connectivity index (χ1v) is 7.02. The van der Waals surface area contributed by atoms with Crippen molar-refractivity contribution in [1.82, 2.24) is 9.88 Å². The third-order valence-electron chi connectivity index (χ3n) is 3.78. The Morgan fingerprint density at radius 1 is 1.42 bits per heavy atom. The Kier molecular flexibility index (Phi) is 5.02. The second-order valence-corrected chi connectivity index (χ2v) is 5.41. The zero-order chi connectivity index (χ0) is 13.7. The third kappa shape index (κ3) is 4.39. The van der Waals surface area contributed by atoms with Crippen LogP contribution in [-0.2, 0) is 0 Å². The summed E-state index contributed by atoms with van der Waals surface area (Å²) in [5, 5.41) is 0. The number of likely N-dealkylation sites (tertiary alicyclic amines) is 1. The van der Waals surface area contributed by atoms with Crippen LogP contribution < -0.4 is 0 Å². The lowest BCUT2D eigenvalue weighted by molar-refractivity contribution is 0.0960. The predicted molar refractivity (Wildman–Crippen MR) is 72.6 cm³/mol. The van der Waals surface area contributed by atoms with E-state index in [1.165, 1.54) is 31.4 Å². The average Bonchev–Trinajstić information content (AvgIpc) is 2.61. The molecule has 1 aromatic rings. The lowest BCUT2D eigenvalue weighted by atomic mass is 10.0. The molecule has 0 aliphatic carbocycles. The van der Waals surface area contributed by atoms with Crippen LogP contribution in [0.1, 0.15) is 43.1 Å². The fourth-order valence-corrected chi connectivity index (χ4v) is 2.47. The zero-order valence-corrected chi connectivity index (χ0v) is 11.4. The predicted octanol–water partition coefficient (Wildman–Crippen LogP) is 2.92. The van der Waals surface area contributed by atoms with Gasteiger partial charge in [0.25, 0.3) is 0 Å². The Morgan fingerprint density at radius 3 is 3.00 bits per heavy atom. The van der Waals surface area contributed by atoms with Crippen molar-refractivity contribution in [2.75, 3.05) is 19.6 Å². The Hall–Kier alpha value is -1.29. The van der Waals surface area contributed by atoms with Gasteiger partial charge in [-0.3, -0.25) is 9.78 Å². The minimum Gasteiger partial charge on any atom is -0.303 e. The van der Waals surface area contributed by atoms with Crippen molar-refractivity contribution in [3.63, 3.8) is 0 Å². The van der Waals surface area contributed by atoms with Crippen LogP contribution in [0.5, 0.6) is 0 Å². The summed E-state index contributed by atoms with van der Waals surface area (Å²) in [5.41, 5.74) is 0.365. The molecule has 0 saturated carbocycles. The Bertz CT molecular complexity index is 419. The summed E-state index contributed by atoms with van der Waals surface area (Å²) >= 11 is 0. The maximum Gasteiger partial charge on any atom is 0.182 e. The van der Waals surface area contributed by atoms with Crippen LogP contribution in [0.3, 0.4) is 0 Å². The van der Waals surface area contributed by atoms with Crippen molar-refractivity contribution in [3.8, 4) is 0 Å². The lowest BCUT2D eigenvalue weighted by Crippen LogP contribution is -2.27. The number of Topliss-reactive ketones (excluding diaryl/α,β-unsaturated/α-hetero) is 1. The number of hydrogen-bond donors (Lipinski definition) is 0. The normalized spacial score (nSPS) is 21.1. The van der Waals surface area contributed by atoms with Crippen molar-refractivity contribution in [2.24, 2.45) is 5.92 Å². The van der Waals surface area contributed by atoms with E-state index in [-0.39, 0.29) is 5.78 Å². The molecule has 1 aliphatic heterocycles.